The van der Waals surface area contributed by atoms with Gasteiger partial charge in [0.05, 0.1) is 30.1 Å². The highest BCUT2D eigenvalue weighted by atomic mass is 35.5. The number of pyridine rings is 1. The van der Waals surface area contributed by atoms with Gasteiger partial charge in [-0.2, -0.15) is 0 Å². The molecule has 3 nitrogen and oxygen atoms in total. The van der Waals surface area contributed by atoms with Gasteiger partial charge in [0, 0.05) is 17.5 Å². The smallest absolute Gasteiger partial charge is 0.134 e. The summed E-state index contributed by atoms with van der Waals surface area (Å²) in [7, 11) is 0. The van der Waals surface area contributed by atoms with Crippen molar-refractivity contribution in [1.29, 1.82) is 0 Å². The lowest BCUT2D eigenvalue weighted by atomic mass is 10.0. The molecule has 1 fully saturated rings. The van der Waals surface area contributed by atoms with Crippen LogP contribution in [0.3, 0.4) is 0 Å². The zero-order chi connectivity index (χ0) is 14.2. The predicted molar refractivity (Wildman–Crippen MR) is 83.5 cm³/mol. The topological polar surface area (TPSA) is 25.4 Å². The number of anilines is 1. The van der Waals surface area contributed by atoms with Gasteiger partial charge in [0.15, 0.2) is 0 Å². The first-order valence-corrected chi connectivity index (χ1v) is 7.45. The molecule has 1 aromatic heterocycles. The van der Waals surface area contributed by atoms with E-state index in [1.54, 1.807) is 0 Å². The van der Waals surface area contributed by atoms with Gasteiger partial charge in [-0.05, 0) is 26.0 Å². The highest BCUT2D eigenvalue weighted by Crippen LogP contribution is 2.31. The third-order valence-electron chi connectivity index (χ3n) is 3.82. The lowest BCUT2D eigenvalue weighted by Gasteiger charge is -2.43. The molecule has 0 aliphatic carbocycles. The molecular formula is C16H19ClN2O. The van der Waals surface area contributed by atoms with E-state index >= 15 is 0 Å². The second-order valence-corrected chi connectivity index (χ2v) is 6.08. The summed E-state index contributed by atoms with van der Waals surface area (Å²) in [4.78, 5) is 7.17. The largest absolute Gasteiger partial charge is 0.377 e. The van der Waals surface area contributed by atoms with Gasteiger partial charge in [-0.3, -0.25) is 0 Å². The molecule has 2 aromatic rings. The minimum absolute atomic E-state index is 0.0610. The zero-order valence-corrected chi connectivity index (χ0v) is 12.7. The number of morpholine rings is 1. The highest BCUT2D eigenvalue weighted by molar-refractivity contribution is 6.17. The lowest BCUT2D eigenvalue weighted by molar-refractivity contribution is 0.0638. The summed E-state index contributed by atoms with van der Waals surface area (Å²) in [6.45, 7) is 6.66. The molecule has 0 amide bonds. The van der Waals surface area contributed by atoms with Crippen LogP contribution in [0.15, 0.2) is 30.3 Å². The molecule has 0 saturated carbocycles. The van der Waals surface area contributed by atoms with Crippen molar-refractivity contribution < 1.29 is 4.74 Å². The maximum Gasteiger partial charge on any atom is 0.134 e. The number of ether oxygens (including phenoxy) is 1. The number of para-hydroxylation sites is 1. The predicted octanol–water partition coefficient (Wildman–Crippen LogP) is 3.59. The molecule has 1 aliphatic rings. The van der Waals surface area contributed by atoms with E-state index in [0.29, 0.717) is 12.5 Å². The van der Waals surface area contributed by atoms with E-state index in [1.807, 2.05) is 18.2 Å². The fourth-order valence-electron chi connectivity index (χ4n) is 2.73. The van der Waals surface area contributed by atoms with Crippen molar-refractivity contribution in [3.63, 3.8) is 0 Å². The first kappa shape index (κ1) is 13.7. The average Bonchev–Trinajstić information content (AvgIpc) is 2.45. The Kier molecular flexibility index (Phi) is 3.57. The van der Waals surface area contributed by atoms with Gasteiger partial charge in [-0.1, -0.05) is 18.2 Å². The molecule has 0 radical (unpaired) electrons. The molecule has 106 valence electrons. The Morgan fingerprint density at radius 3 is 2.90 bits per heavy atom. The van der Waals surface area contributed by atoms with E-state index in [2.05, 4.69) is 30.9 Å². The summed E-state index contributed by atoms with van der Waals surface area (Å²) in [5, 5.41) is 1.14. The summed E-state index contributed by atoms with van der Waals surface area (Å²) in [6, 6.07) is 10.3. The molecule has 0 bridgehead atoms. The van der Waals surface area contributed by atoms with Crippen LogP contribution in [0.2, 0.25) is 0 Å². The number of benzene rings is 1. The Balaban J connectivity index is 2.13. The Morgan fingerprint density at radius 2 is 2.15 bits per heavy atom. The fourth-order valence-corrected chi connectivity index (χ4v) is 2.93. The van der Waals surface area contributed by atoms with Crippen LogP contribution in [0, 0.1) is 0 Å². The van der Waals surface area contributed by atoms with E-state index in [1.165, 1.54) is 0 Å². The Labute approximate surface area is 124 Å². The number of rotatable bonds is 2. The van der Waals surface area contributed by atoms with Crippen molar-refractivity contribution in [1.82, 2.24) is 4.98 Å². The van der Waals surface area contributed by atoms with Gasteiger partial charge in [-0.15, -0.1) is 11.6 Å². The lowest BCUT2D eigenvalue weighted by Crippen LogP contribution is -2.53. The van der Waals surface area contributed by atoms with Gasteiger partial charge in [-0.25, -0.2) is 4.98 Å². The molecule has 20 heavy (non-hydrogen) atoms. The van der Waals surface area contributed by atoms with Crippen LogP contribution in [-0.2, 0) is 10.6 Å². The third-order valence-corrected chi connectivity index (χ3v) is 4.11. The molecule has 1 saturated heterocycles. The number of fused-ring (bicyclic) bond motifs is 1. The maximum atomic E-state index is 6.15. The van der Waals surface area contributed by atoms with Crippen LogP contribution < -0.4 is 4.90 Å². The van der Waals surface area contributed by atoms with Gasteiger partial charge in [0.2, 0.25) is 0 Å². The second-order valence-electron chi connectivity index (χ2n) is 5.81. The quantitative estimate of drug-likeness (QED) is 0.791. The van der Waals surface area contributed by atoms with Crippen molar-refractivity contribution in [2.45, 2.75) is 25.3 Å². The number of nitrogens with zero attached hydrogens (tertiary/aromatic N) is 2. The summed E-state index contributed by atoms with van der Waals surface area (Å²) in [5.74, 6) is 1.47. The highest BCUT2D eigenvalue weighted by Gasteiger charge is 2.32. The standard InChI is InChI=1S/C16H19ClN2O/c1-16(2)11-20-8-7-19(16)15-13(10-17)9-12-5-3-4-6-14(12)18-15/h3-6,9H,7-8,10-11H2,1-2H3. The van der Waals surface area contributed by atoms with Crippen molar-refractivity contribution in [2.75, 3.05) is 24.7 Å². The minimum atomic E-state index is -0.0610. The number of hydrogen-bond donors (Lipinski definition) is 0. The van der Waals surface area contributed by atoms with Crippen LogP contribution in [0.5, 0.6) is 0 Å². The molecule has 4 heteroatoms. The van der Waals surface area contributed by atoms with Crippen molar-refractivity contribution in [2.24, 2.45) is 0 Å². The summed E-state index contributed by atoms with van der Waals surface area (Å²) < 4.78 is 5.60. The van der Waals surface area contributed by atoms with E-state index in [-0.39, 0.29) is 5.54 Å². The molecule has 0 unspecified atom stereocenters. The summed E-state index contributed by atoms with van der Waals surface area (Å²) in [6.07, 6.45) is 0. The van der Waals surface area contributed by atoms with Gasteiger partial charge in [0.1, 0.15) is 5.82 Å². The molecule has 0 atom stereocenters. The molecule has 0 spiro atoms. The third kappa shape index (κ3) is 2.36. The van der Waals surface area contributed by atoms with E-state index in [0.717, 1.165) is 35.4 Å². The monoisotopic (exact) mass is 290 g/mol. The van der Waals surface area contributed by atoms with Crippen LogP contribution >= 0.6 is 11.6 Å². The molecule has 0 N–H and O–H groups in total. The second kappa shape index (κ2) is 5.23. The van der Waals surface area contributed by atoms with Crippen LogP contribution in [-0.4, -0.2) is 30.3 Å². The maximum absolute atomic E-state index is 6.15. The Hall–Kier alpha value is -1.32. The molecule has 3 rings (SSSR count). The van der Waals surface area contributed by atoms with E-state index in [9.17, 15) is 0 Å². The van der Waals surface area contributed by atoms with Crippen LogP contribution in [0.4, 0.5) is 5.82 Å². The normalized spacial score (nSPS) is 18.4. The Bertz CT molecular complexity index is 627. The molecule has 1 aliphatic heterocycles. The van der Waals surface area contributed by atoms with Crippen LogP contribution in [0.1, 0.15) is 19.4 Å². The van der Waals surface area contributed by atoms with Crippen molar-refractivity contribution in [3.8, 4) is 0 Å². The molecule has 2 heterocycles. The van der Waals surface area contributed by atoms with E-state index < -0.39 is 0 Å². The number of hydrogen-bond acceptors (Lipinski definition) is 3. The fraction of sp³-hybridized carbons (Fsp3) is 0.438. The minimum Gasteiger partial charge on any atom is -0.377 e. The Morgan fingerprint density at radius 1 is 1.35 bits per heavy atom. The van der Waals surface area contributed by atoms with Gasteiger partial charge >= 0.3 is 0 Å². The molecular weight excluding hydrogens is 272 g/mol. The zero-order valence-electron chi connectivity index (χ0n) is 11.9. The summed E-state index contributed by atoms with van der Waals surface area (Å²) in [5.41, 5.74) is 2.04. The average molecular weight is 291 g/mol. The van der Waals surface area contributed by atoms with Crippen molar-refractivity contribution in [3.05, 3.63) is 35.9 Å². The first-order chi connectivity index (χ1) is 9.62. The first-order valence-electron chi connectivity index (χ1n) is 6.92. The number of aromatic nitrogens is 1. The van der Waals surface area contributed by atoms with Gasteiger partial charge in [0.25, 0.3) is 0 Å². The van der Waals surface area contributed by atoms with Gasteiger partial charge < -0.3 is 9.64 Å². The van der Waals surface area contributed by atoms with E-state index in [4.69, 9.17) is 21.3 Å². The number of halogens is 1. The van der Waals surface area contributed by atoms with Crippen LogP contribution in [0.25, 0.3) is 10.9 Å². The summed E-state index contributed by atoms with van der Waals surface area (Å²) >= 11 is 6.15. The van der Waals surface area contributed by atoms with Crippen molar-refractivity contribution >= 4 is 28.3 Å². The molecule has 1 aromatic carbocycles. The number of alkyl halides is 1. The SMILES string of the molecule is CC1(C)COCCN1c1nc2ccccc2cc1CCl.